The van der Waals surface area contributed by atoms with E-state index in [-0.39, 0.29) is 12.0 Å². The molecule has 2 atom stereocenters. The molecule has 0 fully saturated rings. The Balaban J connectivity index is 3.26. The molecule has 0 heterocycles. The second-order valence-electron chi connectivity index (χ2n) is 4.81. The molecular weight excluding hydrogens is 252 g/mol. The van der Waals surface area contributed by atoms with Gasteiger partial charge < -0.3 is 10.5 Å². The number of halogens is 2. The number of rotatable bonds is 5. The van der Waals surface area contributed by atoms with E-state index < -0.39 is 29.1 Å². The average Bonchev–Trinajstić information content (AvgIpc) is 2.37. The number of methoxy groups -OCH3 is 1. The zero-order valence-corrected chi connectivity index (χ0v) is 11.4. The van der Waals surface area contributed by atoms with Crippen LogP contribution in [0.15, 0.2) is 18.2 Å². The Morgan fingerprint density at radius 2 is 2.11 bits per heavy atom. The van der Waals surface area contributed by atoms with Crippen molar-refractivity contribution in [2.75, 3.05) is 7.11 Å². The topological polar surface area (TPSA) is 52.3 Å². The predicted octanol–water partition coefficient (Wildman–Crippen LogP) is 2.52. The van der Waals surface area contributed by atoms with Crippen molar-refractivity contribution in [2.24, 2.45) is 5.73 Å². The Kier molecular flexibility index (Phi) is 5.00. The van der Waals surface area contributed by atoms with Crippen LogP contribution >= 0.6 is 0 Å². The molecule has 106 valence electrons. The van der Waals surface area contributed by atoms with Crippen LogP contribution in [0.2, 0.25) is 0 Å². The van der Waals surface area contributed by atoms with E-state index in [1.54, 1.807) is 6.92 Å². The first-order chi connectivity index (χ1) is 8.85. The van der Waals surface area contributed by atoms with Gasteiger partial charge in [0.25, 0.3) is 0 Å². The van der Waals surface area contributed by atoms with E-state index >= 15 is 0 Å². The lowest BCUT2D eigenvalue weighted by molar-refractivity contribution is -0.142. The second kappa shape index (κ2) is 6.10. The fourth-order valence-electron chi connectivity index (χ4n) is 2.20. The smallest absolute Gasteiger partial charge is 0.306 e. The molecule has 5 heteroatoms. The van der Waals surface area contributed by atoms with E-state index in [1.165, 1.54) is 13.2 Å². The number of hydrogen-bond acceptors (Lipinski definition) is 3. The largest absolute Gasteiger partial charge is 0.469 e. The maximum Gasteiger partial charge on any atom is 0.306 e. The van der Waals surface area contributed by atoms with Gasteiger partial charge in [-0.2, -0.15) is 0 Å². The van der Waals surface area contributed by atoms with Gasteiger partial charge >= 0.3 is 5.97 Å². The molecule has 0 aliphatic heterocycles. The lowest BCUT2D eigenvalue weighted by Crippen LogP contribution is -2.45. The van der Waals surface area contributed by atoms with Gasteiger partial charge in [-0.1, -0.05) is 19.9 Å². The maximum atomic E-state index is 13.9. The van der Waals surface area contributed by atoms with Crippen LogP contribution in [-0.2, 0) is 14.9 Å². The van der Waals surface area contributed by atoms with Crippen LogP contribution in [0.4, 0.5) is 8.78 Å². The zero-order chi connectivity index (χ0) is 14.6. The van der Waals surface area contributed by atoms with Gasteiger partial charge in [0.1, 0.15) is 11.6 Å². The minimum absolute atomic E-state index is 0.0545. The van der Waals surface area contributed by atoms with Crippen molar-refractivity contribution in [3.05, 3.63) is 35.4 Å². The first kappa shape index (κ1) is 15.6. The molecule has 2 N–H and O–H groups in total. The summed E-state index contributed by atoms with van der Waals surface area (Å²) in [5, 5.41) is 0. The standard InChI is InChI=1S/C14H19F2NO2/c1-4-12(17)14(2,8-13(18)19-3)10-6-5-9(15)7-11(10)16/h5-7,12H,4,8,17H2,1-3H3. The van der Waals surface area contributed by atoms with Crippen LogP contribution in [0.1, 0.15) is 32.3 Å². The van der Waals surface area contributed by atoms with Crippen molar-refractivity contribution in [3.63, 3.8) is 0 Å². The van der Waals surface area contributed by atoms with Crippen LogP contribution in [0.25, 0.3) is 0 Å². The molecule has 19 heavy (non-hydrogen) atoms. The van der Waals surface area contributed by atoms with Gasteiger partial charge in [-0.3, -0.25) is 4.79 Å². The molecule has 1 aromatic rings. The SMILES string of the molecule is CCC(N)C(C)(CC(=O)OC)c1ccc(F)cc1F. The number of nitrogens with two attached hydrogens (primary N) is 1. The highest BCUT2D eigenvalue weighted by atomic mass is 19.1. The molecule has 0 aromatic heterocycles. The fourth-order valence-corrected chi connectivity index (χ4v) is 2.20. The molecule has 0 radical (unpaired) electrons. The predicted molar refractivity (Wildman–Crippen MR) is 68.6 cm³/mol. The van der Waals surface area contributed by atoms with Gasteiger partial charge in [-0.05, 0) is 18.1 Å². The first-order valence-electron chi connectivity index (χ1n) is 6.13. The van der Waals surface area contributed by atoms with Gasteiger partial charge in [0.2, 0.25) is 0 Å². The number of carbonyl (C=O) groups excluding carboxylic acids is 1. The zero-order valence-electron chi connectivity index (χ0n) is 11.4. The molecule has 3 nitrogen and oxygen atoms in total. The summed E-state index contributed by atoms with van der Waals surface area (Å²) in [6.07, 6.45) is 0.505. The summed E-state index contributed by atoms with van der Waals surface area (Å²) in [7, 11) is 1.27. The van der Waals surface area contributed by atoms with Gasteiger partial charge in [0.15, 0.2) is 0 Å². The van der Waals surface area contributed by atoms with Gasteiger partial charge in [0, 0.05) is 17.5 Å². The summed E-state index contributed by atoms with van der Waals surface area (Å²) >= 11 is 0. The Morgan fingerprint density at radius 3 is 2.58 bits per heavy atom. The van der Waals surface area contributed by atoms with Gasteiger partial charge in [-0.25, -0.2) is 8.78 Å². The number of ether oxygens (including phenoxy) is 1. The highest BCUT2D eigenvalue weighted by Gasteiger charge is 2.37. The van der Waals surface area contributed by atoms with Crippen LogP contribution in [0.5, 0.6) is 0 Å². The third-order valence-electron chi connectivity index (χ3n) is 3.54. The normalized spacial score (nSPS) is 15.7. The summed E-state index contributed by atoms with van der Waals surface area (Å²) in [5.41, 5.74) is 5.32. The molecule has 0 aliphatic rings. The Labute approximate surface area is 111 Å². The molecule has 1 rings (SSSR count). The van der Waals surface area contributed by atoms with Crippen molar-refractivity contribution in [3.8, 4) is 0 Å². The molecule has 0 aliphatic carbocycles. The lowest BCUT2D eigenvalue weighted by atomic mass is 9.72. The fraction of sp³-hybridized carbons (Fsp3) is 0.500. The quantitative estimate of drug-likeness (QED) is 0.837. The molecule has 0 bridgehead atoms. The van der Waals surface area contributed by atoms with Gasteiger partial charge in [-0.15, -0.1) is 0 Å². The summed E-state index contributed by atoms with van der Waals surface area (Å²) in [4.78, 5) is 11.5. The van der Waals surface area contributed by atoms with E-state index in [9.17, 15) is 13.6 Å². The minimum atomic E-state index is -0.931. The number of esters is 1. The van der Waals surface area contributed by atoms with Crippen molar-refractivity contribution < 1.29 is 18.3 Å². The Hall–Kier alpha value is -1.49. The van der Waals surface area contributed by atoms with E-state index in [1.807, 2.05) is 6.92 Å². The van der Waals surface area contributed by atoms with E-state index in [0.29, 0.717) is 6.42 Å². The third kappa shape index (κ3) is 3.29. The average molecular weight is 271 g/mol. The molecule has 0 amide bonds. The third-order valence-corrected chi connectivity index (χ3v) is 3.54. The Morgan fingerprint density at radius 1 is 1.47 bits per heavy atom. The van der Waals surface area contributed by atoms with Crippen molar-refractivity contribution >= 4 is 5.97 Å². The Bertz CT molecular complexity index is 465. The molecule has 0 saturated carbocycles. The molecular formula is C14H19F2NO2. The first-order valence-corrected chi connectivity index (χ1v) is 6.13. The lowest BCUT2D eigenvalue weighted by Gasteiger charge is -2.35. The molecule has 1 aromatic carbocycles. The summed E-state index contributed by atoms with van der Waals surface area (Å²) in [6.45, 7) is 3.54. The van der Waals surface area contributed by atoms with Gasteiger partial charge in [0.05, 0.1) is 13.5 Å². The summed E-state index contributed by atoms with van der Waals surface area (Å²) in [6, 6.07) is 2.86. The van der Waals surface area contributed by atoms with Crippen LogP contribution in [0.3, 0.4) is 0 Å². The van der Waals surface area contributed by atoms with Crippen LogP contribution in [-0.4, -0.2) is 19.1 Å². The second-order valence-corrected chi connectivity index (χ2v) is 4.81. The molecule has 0 spiro atoms. The van der Waals surface area contributed by atoms with E-state index in [2.05, 4.69) is 4.74 Å². The minimum Gasteiger partial charge on any atom is -0.469 e. The van der Waals surface area contributed by atoms with E-state index in [4.69, 9.17) is 5.73 Å². The molecule has 0 saturated heterocycles. The number of hydrogen-bond donors (Lipinski definition) is 1. The van der Waals surface area contributed by atoms with Crippen LogP contribution < -0.4 is 5.73 Å². The maximum absolute atomic E-state index is 13.9. The highest BCUT2D eigenvalue weighted by Crippen LogP contribution is 2.34. The van der Waals surface area contributed by atoms with Crippen molar-refractivity contribution in [1.82, 2.24) is 0 Å². The van der Waals surface area contributed by atoms with Crippen molar-refractivity contribution in [1.29, 1.82) is 0 Å². The molecule has 2 unspecified atom stereocenters. The monoisotopic (exact) mass is 271 g/mol. The van der Waals surface area contributed by atoms with Crippen LogP contribution in [0, 0.1) is 11.6 Å². The highest BCUT2D eigenvalue weighted by molar-refractivity contribution is 5.71. The van der Waals surface area contributed by atoms with Crippen molar-refractivity contribution in [2.45, 2.75) is 38.1 Å². The summed E-state index contributed by atoms with van der Waals surface area (Å²) in [5.74, 6) is -1.84. The van der Waals surface area contributed by atoms with E-state index in [0.717, 1.165) is 12.1 Å². The summed E-state index contributed by atoms with van der Waals surface area (Å²) < 4.78 is 31.6. The number of benzene rings is 1. The number of carbonyl (C=O) groups is 1.